The molecule has 0 aromatic heterocycles. The number of likely N-dealkylation sites (tertiary alicyclic amines) is 1. The summed E-state index contributed by atoms with van der Waals surface area (Å²) < 4.78 is 0. The molecule has 0 N–H and O–H groups in total. The fourth-order valence-electron chi connectivity index (χ4n) is 1.73. The molecule has 2 heteroatoms. The van der Waals surface area contributed by atoms with E-state index in [4.69, 9.17) is 11.6 Å². The van der Waals surface area contributed by atoms with Gasteiger partial charge in [0.2, 0.25) is 0 Å². The van der Waals surface area contributed by atoms with Crippen LogP contribution in [0.4, 0.5) is 0 Å². The molecule has 12 heavy (non-hydrogen) atoms. The van der Waals surface area contributed by atoms with Crippen LogP contribution in [0.3, 0.4) is 0 Å². The van der Waals surface area contributed by atoms with Crippen molar-refractivity contribution in [2.75, 3.05) is 13.1 Å². The SMILES string of the molecule is CC1CN(C(C)(C)C)CCC1Cl. The van der Waals surface area contributed by atoms with Crippen LogP contribution in [0.5, 0.6) is 0 Å². The number of hydrogen-bond donors (Lipinski definition) is 0. The van der Waals surface area contributed by atoms with Crippen molar-refractivity contribution in [1.82, 2.24) is 4.90 Å². The molecule has 0 saturated carbocycles. The molecule has 72 valence electrons. The molecule has 0 amide bonds. The highest BCUT2D eigenvalue weighted by atomic mass is 35.5. The molecule has 0 aromatic carbocycles. The molecule has 0 bridgehead atoms. The van der Waals surface area contributed by atoms with Crippen molar-refractivity contribution >= 4 is 11.6 Å². The van der Waals surface area contributed by atoms with E-state index in [0.717, 1.165) is 19.5 Å². The smallest absolute Gasteiger partial charge is 0.0386 e. The number of hydrogen-bond acceptors (Lipinski definition) is 1. The van der Waals surface area contributed by atoms with Crippen LogP contribution in [-0.2, 0) is 0 Å². The van der Waals surface area contributed by atoms with Crippen LogP contribution >= 0.6 is 11.6 Å². The van der Waals surface area contributed by atoms with Crippen LogP contribution in [0, 0.1) is 5.92 Å². The summed E-state index contributed by atoms with van der Waals surface area (Å²) in [5.41, 5.74) is 0.311. The average molecular weight is 190 g/mol. The molecular weight excluding hydrogens is 170 g/mol. The van der Waals surface area contributed by atoms with Crippen LogP contribution in [0.15, 0.2) is 0 Å². The lowest BCUT2D eigenvalue weighted by Gasteiger charge is -2.42. The van der Waals surface area contributed by atoms with E-state index in [0.29, 0.717) is 16.8 Å². The molecule has 1 heterocycles. The van der Waals surface area contributed by atoms with Gasteiger partial charge >= 0.3 is 0 Å². The summed E-state index contributed by atoms with van der Waals surface area (Å²) in [5, 5.41) is 0.392. The Morgan fingerprint density at radius 3 is 2.33 bits per heavy atom. The highest BCUT2D eigenvalue weighted by molar-refractivity contribution is 6.20. The number of alkyl halides is 1. The van der Waals surface area contributed by atoms with Gasteiger partial charge in [-0.2, -0.15) is 0 Å². The van der Waals surface area contributed by atoms with Gasteiger partial charge in [0.1, 0.15) is 0 Å². The Kier molecular flexibility index (Phi) is 3.06. The molecule has 1 saturated heterocycles. The minimum Gasteiger partial charge on any atom is -0.298 e. The number of nitrogens with zero attached hydrogens (tertiary/aromatic N) is 1. The Morgan fingerprint density at radius 1 is 1.33 bits per heavy atom. The molecule has 0 aliphatic carbocycles. The van der Waals surface area contributed by atoms with Crippen LogP contribution in [0.1, 0.15) is 34.1 Å². The Morgan fingerprint density at radius 2 is 1.92 bits per heavy atom. The van der Waals surface area contributed by atoms with Crippen LogP contribution in [0.2, 0.25) is 0 Å². The topological polar surface area (TPSA) is 3.24 Å². The van der Waals surface area contributed by atoms with Gasteiger partial charge in [0.25, 0.3) is 0 Å². The molecule has 0 radical (unpaired) electrons. The highest BCUT2D eigenvalue weighted by Gasteiger charge is 2.30. The third kappa shape index (κ3) is 2.37. The van der Waals surface area contributed by atoms with E-state index in [1.807, 2.05) is 0 Å². The molecule has 0 aromatic rings. The largest absolute Gasteiger partial charge is 0.298 e. The summed E-state index contributed by atoms with van der Waals surface area (Å²) in [4.78, 5) is 2.52. The second-order valence-corrected chi connectivity index (χ2v) is 5.46. The summed E-state index contributed by atoms with van der Waals surface area (Å²) >= 11 is 6.16. The zero-order valence-corrected chi connectivity index (χ0v) is 9.36. The number of halogens is 1. The molecule has 1 nitrogen and oxygen atoms in total. The van der Waals surface area contributed by atoms with Crippen molar-refractivity contribution in [3.63, 3.8) is 0 Å². The normalized spacial score (nSPS) is 33.8. The lowest BCUT2D eigenvalue weighted by molar-refractivity contribution is 0.0864. The first-order valence-electron chi connectivity index (χ1n) is 4.80. The molecule has 1 rings (SSSR count). The van der Waals surface area contributed by atoms with Crippen molar-refractivity contribution in [2.45, 2.75) is 45.0 Å². The monoisotopic (exact) mass is 189 g/mol. The molecule has 2 unspecified atom stereocenters. The van der Waals surface area contributed by atoms with E-state index in [9.17, 15) is 0 Å². The van der Waals surface area contributed by atoms with Crippen molar-refractivity contribution < 1.29 is 0 Å². The predicted molar refractivity (Wildman–Crippen MR) is 54.7 cm³/mol. The third-order valence-electron chi connectivity index (χ3n) is 2.75. The fraction of sp³-hybridized carbons (Fsp3) is 1.00. The van der Waals surface area contributed by atoms with E-state index in [1.54, 1.807) is 0 Å². The Hall–Kier alpha value is 0.250. The fourth-order valence-corrected chi connectivity index (χ4v) is 1.90. The second-order valence-electron chi connectivity index (χ2n) is 4.90. The molecule has 1 aliphatic rings. The minimum atomic E-state index is 0.311. The lowest BCUT2D eigenvalue weighted by Crippen LogP contribution is -2.49. The zero-order valence-electron chi connectivity index (χ0n) is 8.60. The van der Waals surface area contributed by atoms with Gasteiger partial charge in [-0.3, -0.25) is 4.90 Å². The van der Waals surface area contributed by atoms with Crippen molar-refractivity contribution in [3.8, 4) is 0 Å². The third-order valence-corrected chi connectivity index (χ3v) is 3.40. The van der Waals surface area contributed by atoms with Crippen LogP contribution < -0.4 is 0 Å². The standard InChI is InChI=1S/C10H20ClN/c1-8-7-12(10(2,3)4)6-5-9(8)11/h8-9H,5-7H2,1-4H3. The van der Waals surface area contributed by atoms with Gasteiger partial charge in [0.05, 0.1) is 0 Å². The zero-order chi connectivity index (χ0) is 9.35. The summed E-state index contributed by atoms with van der Waals surface area (Å²) in [6.07, 6.45) is 1.14. The maximum atomic E-state index is 6.16. The molecule has 1 aliphatic heterocycles. The van der Waals surface area contributed by atoms with Crippen molar-refractivity contribution in [3.05, 3.63) is 0 Å². The van der Waals surface area contributed by atoms with Gasteiger partial charge in [0.15, 0.2) is 0 Å². The Bertz CT molecular complexity index is 150. The van der Waals surface area contributed by atoms with Gasteiger partial charge in [-0.15, -0.1) is 11.6 Å². The van der Waals surface area contributed by atoms with E-state index in [1.165, 1.54) is 0 Å². The van der Waals surface area contributed by atoms with Crippen LogP contribution in [0.25, 0.3) is 0 Å². The predicted octanol–water partition coefficient (Wildman–Crippen LogP) is 2.73. The van der Waals surface area contributed by atoms with E-state index in [-0.39, 0.29) is 0 Å². The average Bonchev–Trinajstić information content (AvgIpc) is 1.92. The Balaban J connectivity index is 2.51. The van der Waals surface area contributed by atoms with Gasteiger partial charge in [-0.25, -0.2) is 0 Å². The highest BCUT2D eigenvalue weighted by Crippen LogP contribution is 2.26. The van der Waals surface area contributed by atoms with Gasteiger partial charge in [-0.05, 0) is 33.1 Å². The van der Waals surface area contributed by atoms with Gasteiger partial charge in [0, 0.05) is 24.0 Å². The summed E-state index contributed by atoms with van der Waals surface area (Å²) in [6.45, 7) is 11.4. The summed E-state index contributed by atoms with van der Waals surface area (Å²) in [7, 11) is 0. The van der Waals surface area contributed by atoms with Crippen LogP contribution in [-0.4, -0.2) is 28.9 Å². The van der Waals surface area contributed by atoms with E-state index >= 15 is 0 Å². The van der Waals surface area contributed by atoms with Crippen molar-refractivity contribution in [1.29, 1.82) is 0 Å². The van der Waals surface area contributed by atoms with Crippen molar-refractivity contribution in [2.24, 2.45) is 5.92 Å². The summed E-state index contributed by atoms with van der Waals surface area (Å²) in [6, 6.07) is 0. The van der Waals surface area contributed by atoms with Gasteiger partial charge < -0.3 is 0 Å². The molecular formula is C10H20ClN. The maximum Gasteiger partial charge on any atom is 0.0386 e. The van der Waals surface area contributed by atoms with E-state index < -0.39 is 0 Å². The molecule has 1 fully saturated rings. The van der Waals surface area contributed by atoms with Gasteiger partial charge in [-0.1, -0.05) is 6.92 Å². The number of rotatable bonds is 0. The number of piperidine rings is 1. The molecule has 2 atom stereocenters. The lowest BCUT2D eigenvalue weighted by atomic mass is 9.94. The first-order valence-corrected chi connectivity index (χ1v) is 5.24. The first-order chi connectivity index (χ1) is 5.41. The Labute approximate surface area is 81.1 Å². The quantitative estimate of drug-likeness (QED) is 0.530. The first kappa shape index (κ1) is 10.3. The van der Waals surface area contributed by atoms with E-state index in [2.05, 4.69) is 32.6 Å². The second kappa shape index (κ2) is 3.55. The summed E-state index contributed by atoms with van der Waals surface area (Å²) in [5.74, 6) is 0.639. The minimum absolute atomic E-state index is 0.311. The molecule has 0 spiro atoms. The maximum absolute atomic E-state index is 6.16.